The van der Waals surface area contributed by atoms with Crippen LogP contribution in [0.2, 0.25) is 0 Å². The standard InChI is InChI=1S/C24H34N4/c1-5-22-6-7-23(18-28(22)19(2)3)27-16-14-26(15-17-27)20(4)21-8-10-24(11-9-21)12-13-25-24/h5-10,18,20,25H,2,11-17H2,1,3-4H3/b22-5-. The van der Waals surface area contributed by atoms with Crippen LogP contribution in [0.3, 0.4) is 0 Å². The monoisotopic (exact) mass is 378 g/mol. The van der Waals surface area contributed by atoms with E-state index in [4.69, 9.17) is 0 Å². The molecule has 2 saturated heterocycles. The summed E-state index contributed by atoms with van der Waals surface area (Å²) in [6.07, 6.45) is 18.4. The van der Waals surface area contributed by atoms with E-state index in [0.29, 0.717) is 6.04 Å². The molecule has 0 aromatic heterocycles. The van der Waals surface area contributed by atoms with Crippen molar-refractivity contribution in [2.75, 3.05) is 32.7 Å². The molecular weight excluding hydrogens is 344 g/mol. The van der Waals surface area contributed by atoms with Gasteiger partial charge >= 0.3 is 0 Å². The van der Waals surface area contributed by atoms with E-state index >= 15 is 0 Å². The van der Waals surface area contributed by atoms with Crippen molar-refractivity contribution in [2.45, 2.75) is 45.2 Å². The van der Waals surface area contributed by atoms with Crippen LogP contribution in [-0.4, -0.2) is 59.0 Å². The Balaban J connectivity index is 1.35. The van der Waals surface area contributed by atoms with E-state index in [1.165, 1.54) is 23.4 Å². The molecule has 1 aliphatic carbocycles. The zero-order valence-electron chi connectivity index (χ0n) is 17.6. The van der Waals surface area contributed by atoms with Crippen molar-refractivity contribution in [3.63, 3.8) is 0 Å². The van der Waals surface area contributed by atoms with Gasteiger partial charge in [0.05, 0.1) is 5.70 Å². The summed E-state index contributed by atoms with van der Waals surface area (Å²) >= 11 is 0. The predicted molar refractivity (Wildman–Crippen MR) is 117 cm³/mol. The minimum absolute atomic E-state index is 0.280. The van der Waals surface area contributed by atoms with Crippen molar-refractivity contribution >= 4 is 0 Å². The number of nitrogens with one attached hydrogen (secondary N) is 1. The highest BCUT2D eigenvalue weighted by Crippen LogP contribution is 2.32. The zero-order chi connectivity index (χ0) is 19.7. The molecule has 150 valence electrons. The van der Waals surface area contributed by atoms with Crippen molar-refractivity contribution in [2.24, 2.45) is 0 Å². The minimum atomic E-state index is 0.280. The third kappa shape index (κ3) is 3.63. The third-order valence-corrected chi connectivity index (χ3v) is 6.73. The number of rotatable bonds is 4. The summed E-state index contributed by atoms with van der Waals surface area (Å²) in [6.45, 7) is 16.1. The SMILES string of the molecule is C=C(C)N1C=C(N2CCN(C(C)C3=CCC4(C=C3)CCN4)CC2)C=C/C1=C/C. The lowest BCUT2D eigenvalue weighted by Crippen LogP contribution is -2.56. The molecule has 0 aromatic rings. The molecule has 0 saturated carbocycles. The normalized spacial score (nSPS) is 30.3. The quantitative estimate of drug-likeness (QED) is 0.804. The first-order chi connectivity index (χ1) is 13.5. The first kappa shape index (κ1) is 19.3. The van der Waals surface area contributed by atoms with E-state index < -0.39 is 0 Å². The van der Waals surface area contributed by atoms with Crippen LogP contribution < -0.4 is 5.32 Å². The average molecular weight is 379 g/mol. The Morgan fingerprint density at radius 3 is 2.50 bits per heavy atom. The van der Waals surface area contributed by atoms with Crippen LogP contribution in [0.15, 0.2) is 71.9 Å². The van der Waals surface area contributed by atoms with E-state index in [1.54, 1.807) is 0 Å². The summed E-state index contributed by atoms with van der Waals surface area (Å²) in [4.78, 5) is 7.31. The average Bonchev–Trinajstić information content (AvgIpc) is 2.71. The summed E-state index contributed by atoms with van der Waals surface area (Å²) in [5.41, 5.74) is 5.30. The minimum Gasteiger partial charge on any atom is -0.368 e. The van der Waals surface area contributed by atoms with Gasteiger partial charge in [0.25, 0.3) is 0 Å². The Morgan fingerprint density at radius 2 is 1.96 bits per heavy atom. The van der Waals surface area contributed by atoms with Gasteiger partial charge in [-0.05, 0) is 57.9 Å². The van der Waals surface area contributed by atoms with Gasteiger partial charge in [-0.15, -0.1) is 0 Å². The fourth-order valence-corrected chi connectivity index (χ4v) is 4.60. The Morgan fingerprint density at radius 1 is 1.21 bits per heavy atom. The topological polar surface area (TPSA) is 21.8 Å². The zero-order valence-corrected chi connectivity index (χ0v) is 17.6. The number of hydrogen-bond donors (Lipinski definition) is 1. The molecule has 28 heavy (non-hydrogen) atoms. The van der Waals surface area contributed by atoms with Gasteiger partial charge < -0.3 is 15.1 Å². The molecule has 4 aliphatic rings. The highest BCUT2D eigenvalue weighted by atomic mass is 15.3. The van der Waals surface area contributed by atoms with Crippen molar-refractivity contribution < 1.29 is 0 Å². The molecule has 0 radical (unpaired) electrons. The van der Waals surface area contributed by atoms with Gasteiger partial charge in [0.15, 0.2) is 0 Å². The lowest BCUT2D eigenvalue weighted by Gasteiger charge is -2.44. The van der Waals surface area contributed by atoms with Crippen LogP contribution in [0, 0.1) is 0 Å². The lowest BCUT2D eigenvalue weighted by atomic mass is 9.79. The highest BCUT2D eigenvalue weighted by Gasteiger charge is 2.35. The summed E-state index contributed by atoms with van der Waals surface area (Å²) in [5, 5.41) is 3.58. The molecular formula is C24H34N4. The number of nitrogens with zero attached hydrogens (tertiary/aromatic N) is 3. The molecule has 1 spiro atoms. The van der Waals surface area contributed by atoms with Gasteiger partial charge in [0, 0.05) is 55.4 Å². The predicted octanol–water partition coefficient (Wildman–Crippen LogP) is 3.76. The number of hydrogen-bond acceptors (Lipinski definition) is 4. The Hall–Kier alpha value is -2.04. The first-order valence-corrected chi connectivity index (χ1v) is 10.7. The van der Waals surface area contributed by atoms with Gasteiger partial charge in [-0.1, -0.05) is 30.9 Å². The second-order valence-electron chi connectivity index (χ2n) is 8.48. The molecule has 4 nitrogen and oxygen atoms in total. The molecule has 4 heteroatoms. The van der Waals surface area contributed by atoms with Gasteiger partial charge in [-0.2, -0.15) is 0 Å². The van der Waals surface area contributed by atoms with Gasteiger partial charge in [-0.3, -0.25) is 4.90 Å². The smallest absolute Gasteiger partial charge is 0.0537 e. The van der Waals surface area contributed by atoms with Crippen LogP contribution in [-0.2, 0) is 0 Å². The Kier molecular flexibility index (Phi) is 5.35. The van der Waals surface area contributed by atoms with Crippen molar-refractivity contribution in [1.29, 1.82) is 0 Å². The van der Waals surface area contributed by atoms with Crippen LogP contribution in [0.4, 0.5) is 0 Å². The highest BCUT2D eigenvalue weighted by molar-refractivity contribution is 5.37. The van der Waals surface area contributed by atoms with Crippen molar-refractivity contribution in [3.05, 3.63) is 71.9 Å². The number of allylic oxidation sites excluding steroid dienone is 4. The molecule has 0 amide bonds. The molecule has 3 aliphatic heterocycles. The van der Waals surface area contributed by atoms with Crippen LogP contribution in [0.25, 0.3) is 0 Å². The summed E-state index contributed by atoms with van der Waals surface area (Å²) in [6, 6.07) is 0.494. The maximum absolute atomic E-state index is 4.13. The molecule has 2 atom stereocenters. The maximum atomic E-state index is 4.13. The molecule has 0 bridgehead atoms. The second kappa shape index (κ2) is 7.76. The van der Waals surface area contributed by atoms with Crippen molar-refractivity contribution in [1.82, 2.24) is 20.0 Å². The summed E-state index contributed by atoms with van der Waals surface area (Å²) < 4.78 is 0. The summed E-state index contributed by atoms with van der Waals surface area (Å²) in [7, 11) is 0. The lowest BCUT2D eigenvalue weighted by molar-refractivity contribution is 0.138. The van der Waals surface area contributed by atoms with Crippen molar-refractivity contribution in [3.8, 4) is 0 Å². The van der Waals surface area contributed by atoms with E-state index in [1.807, 2.05) is 0 Å². The third-order valence-electron chi connectivity index (χ3n) is 6.73. The fraction of sp³-hybridized carbons (Fsp3) is 0.500. The van der Waals surface area contributed by atoms with Crippen LogP contribution in [0.5, 0.6) is 0 Å². The van der Waals surface area contributed by atoms with Crippen LogP contribution in [0.1, 0.15) is 33.6 Å². The van der Waals surface area contributed by atoms with Crippen LogP contribution >= 0.6 is 0 Å². The first-order valence-electron chi connectivity index (χ1n) is 10.7. The van der Waals surface area contributed by atoms with Gasteiger partial charge in [-0.25, -0.2) is 0 Å². The molecule has 3 heterocycles. The molecule has 1 N–H and O–H groups in total. The molecule has 4 rings (SSSR count). The number of piperazine rings is 1. The second-order valence-corrected chi connectivity index (χ2v) is 8.48. The maximum Gasteiger partial charge on any atom is 0.0537 e. The Labute approximate surface area is 170 Å². The molecule has 2 unspecified atom stereocenters. The van der Waals surface area contributed by atoms with E-state index in [2.05, 4.69) is 90.0 Å². The largest absolute Gasteiger partial charge is 0.368 e. The molecule has 0 aromatic carbocycles. The van der Waals surface area contributed by atoms with E-state index in [9.17, 15) is 0 Å². The Bertz CT molecular complexity index is 770. The van der Waals surface area contributed by atoms with E-state index in [-0.39, 0.29) is 5.54 Å². The van der Waals surface area contributed by atoms with E-state index in [0.717, 1.165) is 44.8 Å². The molecule has 2 fully saturated rings. The van der Waals surface area contributed by atoms with Gasteiger partial charge in [0.2, 0.25) is 0 Å². The van der Waals surface area contributed by atoms with Gasteiger partial charge in [0.1, 0.15) is 0 Å². The summed E-state index contributed by atoms with van der Waals surface area (Å²) in [5.74, 6) is 0. The fourth-order valence-electron chi connectivity index (χ4n) is 4.60.